The van der Waals surface area contributed by atoms with Crippen LogP contribution < -0.4 is 5.32 Å². The maximum absolute atomic E-state index is 12.4. The molecule has 0 bridgehead atoms. The van der Waals surface area contributed by atoms with Gasteiger partial charge in [-0.1, -0.05) is 33.1 Å². The Hall–Kier alpha value is -1.06. The van der Waals surface area contributed by atoms with Gasteiger partial charge in [-0.05, 0) is 39.5 Å². The van der Waals surface area contributed by atoms with Gasteiger partial charge in [0.15, 0.2) is 5.78 Å². The topological polar surface area (TPSA) is 55.4 Å². The second kappa shape index (κ2) is 7.09. The molecule has 1 aliphatic rings. The summed E-state index contributed by atoms with van der Waals surface area (Å²) >= 11 is 0. The van der Waals surface area contributed by atoms with Crippen LogP contribution in [0.15, 0.2) is 0 Å². The molecular formula is C16H29NO3. The average molecular weight is 283 g/mol. The van der Waals surface area contributed by atoms with Crippen molar-refractivity contribution >= 4 is 11.9 Å². The molecule has 1 atom stereocenters. The van der Waals surface area contributed by atoms with E-state index in [2.05, 4.69) is 5.32 Å². The molecule has 0 aromatic heterocycles. The first-order chi connectivity index (χ1) is 9.20. The molecule has 0 aromatic rings. The number of rotatable bonds is 4. The van der Waals surface area contributed by atoms with Crippen LogP contribution in [0.4, 0.5) is 4.79 Å². The summed E-state index contributed by atoms with van der Waals surface area (Å²) in [7, 11) is 0. The lowest BCUT2D eigenvalue weighted by Gasteiger charge is -2.31. The smallest absolute Gasteiger partial charge is 0.408 e. The van der Waals surface area contributed by atoms with Crippen LogP contribution in [0.25, 0.3) is 0 Å². The minimum Gasteiger partial charge on any atom is -0.444 e. The fourth-order valence-electron chi connectivity index (χ4n) is 2.68. The van der Waals surface area contributed by atoms with Crippen LogP contribution in [0.2, 0.25) is 0 Å². The van der Waals surface area contributed by atoms with Crippen molar-refractivity contribution < 1.29 is 14.3 Å². The Balaban J connectivity index is 2.72. The van der Waals surface area contributed by atoms with E-state index >= 15 is 0 Å². The van der Waals surface area contributed by atoms with Gasteiger partial charge in [0.2, 0.25) is 0 Å². The van der Waals surface area contributed by atoms with E-state index in [0.717, 1.165) is 25.7 Å². The first-order valence-electron chi connectivity index (χ1n) is 7.74. The quantitative estimate of drug-likeness (QED) is 0.856. The molecule has 0 aliphatic heterocycles. The highest BCUT2D eigenvalue weighted by molar-refractivity contribution is 5.89. The molecule has 0 saturated heterocycles. The number of hydrogen-bond acceptors (Lipinski definition) is 3. The Morgan fingerprint density at radius 2 is 1.65 bits per heavy atom. The summed E-state index contributed by atoms with van der Waals surface area (Å²) in [4.78, 5) is 24.3. The van der Waals surface area contributed by atoms with Gasteiger partial charge in [-0.3, -0.25) is 4.79 Å². The Bertz CT molecular complexity index is 338. The zero-order valence-electron chi connectivity index (χ0n) is 13.5. The molecule has 0 radical (unpaired) electrons. The van der Waals surface area contributed by atoms with E-state index in [4.69, 9.17) is 4.74 Å². The highest BCUT2D eigenvalue weighted by Gasteiger charge is 2.33. The molecule has 0 aromatic carbocycles. The molecule has 1 rings (SSSR count). The fraction of sp³-hybridized carbons (Fsp3) is 0.875. The van der Waals surface area contributed by atoms with Gasteiger partial charge in [0, 0.05) is 5.92 Å². The van der Waals surface area contributed by atoms with E-state index in [9.17, 15) is 9.59 Å². The first-order valence-corrected chi connectivity index (χ1v) is 7.74. The molecule has 20 heavy (non-hydrogen) atoms. The van der Waals surface area contributed by atoms with Crippen LogP contribution in [0.3, 0.4) is 0 Å². The van der Waals surface area contributed by atoms with Crippen molar-refractivity contribution in [2.24, 2.45) is 11.8 Å². The number of carbonyl (C=O) groups excluding carboxylic acids is 2. The lowest BCUT2D eigenvalue weighted by atomic mass is 9.80. The number of alkyl carbamates (subject to hydrolysis) is 1. The Kier molecular flexibility index (Phi) is 6.03. The van der Waals surface area contributed by atoms with Crippen molar-refractivity contribution in [3.05, 3.63) is 0 Å². The summed E-state index contributed by atoms with van der Waals surface area (Å²) in [5, 5.41) is 2.81. The van der Waals surface area contributed by atoms with Gasteiger partial charge in [0.1, 0.15) is 5.60 Å². The van der Waals surface area contributed by atoms with Crippen molar-refractivity contribution in [1.82, 2.24) is 5.32 Å². The number of ether oxygens (including phenoxy) is 1. The fourth-order valence-corrected chi connectivity index (χ4v) is 2.68. The molecule has 4 nitrogen and oxygen atoms in total. The third-order valence-corrected chi connectivity index (χ3v) is 3.67. The van der Waals surface area contributed by atoms with E-state index in [1.54, 1.807) is 0 Å². The predicted octanol–water partition coefficient (Wildman–Crippen LogP) is 3.69. The average Bonchev–Trinajstić information content (AvgIpc) is 2.34. The van der Waals surface area contributed by atoms with Gasteiger partial charge >= 0.3 is 6.09 Å². The van der Waals surface area contributed by atoms with E-state index < -0.39 is 17.7 Å². The summed E-state index contributed by atoms with van der Waals surface area (Å²) in [6.45, 7) is 9.25. The summed E-state index contributed by atoms with van der Waals surface area (Å²) < 4.78 is 5.29. The highest BCUT2D eigenvalue weighted by atomic mass is 16.6. The van der Waals surface area contributed by atoms with Gasteiger partial charge in [-0.15, -0.1) is 0 Å². The van der Waals surface area contributed by atoms with Crippen molar-refractivity contribution in [1.29, 1.82) is 0 Å². The molecule has 1 N–H and O–H groups in total. The Morgan fingerprint density at radius 3 is 2.10 bits per heavy atom. The minimum absolute atomic E-state index is 0.0723. The maximum atomic E-state index is 12.4. The summed E-state index contributed by atoms with van der Waals surface area (Å²) in [6.07, 6.45) is 5.05. The van der Waals surface area contributed by atoms with Crippen LogP contribution in [0.5, 0.6) is 0 Å². The third-order valence-electron chi connectivity index (χ3n) is 3.67. The number of carbonyl (C=O) groups is 2. The molecule has 116 valence electrons. The summed E-state index contributed by atoms with van der Waals surface area (Å²) in [6, 6.07) is -0.398. The molecular weight excluding hydrogens is 254 g/mol. The lowest BCUT2D eigenvalue weighted by molar-refractivity contribution is -0.125. The molecule has 4 heteroatoms. The lowest BCUT2D eigenvalue weighted by Crippen LogP contribution is -2.49. The predicted molar refractivity (Wildman–Crippen MR) is 79.6 cm³/mol. The Labute approximate surface area is 122 Å². The van der Waals surface area contributed by atoms with Gasteiger partial charge in [-0.25, -0.2) is 4.79 Å². The maximum Gasteiger partial charge on any atom is 0.408 e. The number of ketones is 1. The second-order valence-electron chi connectivity index (χ2n) is 7.08. The normalized spacial score (nSPS) is 18.7. The van der Waals surface area contributed by atoms with Gasteiger partial charge < -0.3 is 10.1 Å². The van der Waals surface area contributed by atoms with Gasteiger partial charge in [-0.2, -0.15) is 0 Å². The number of nitrogens with one attached hydrogen (secondary N) is 1. The summed E-state index contributed by atoms with van der Waals surface area (Å²) in [5.74, 6) is 0.297. The molecule has 1 fully saturated rings. The first kappa shape index (κ1) is 17.0. The molecule has 1 amide bonds. The molecule has 0 unspecified atom stereocenters. The van der Waals surface area contributed by atoms with E-state index in [-0.39, 0.29) is 17.6 Å². The van der Waals surface area contributed by atoms with Crippen LogP contribution in [-0.2, 0) is 9.53 Å². The van der Waals surface area contributed by atoms with Gasteiger partial charge in [0.25, 0.3) is 0 Å². The Morgan fingerprint density at radius 1 is 1.10 bits per heavy atom. The number of hydrogen-bond donors (Lipinski definition) is 1. The monoisotopic (exact) mass is 283 g/mol. The zero-order valence-corrected chi connectivity index (χ0v) is 13.5. The van der Waals surface area contributed by atoms with E-state index in [1.807, 2.05) is 34.6 Å². The van der Waals surface area contributed by atoms with E-state index in [0.29, 0.717) is 0 Å². The molecule has 0 spiro atoms. The summed E-state index contributed by atoms with van der Waals surface area (Å²) in [5.41, 5.74) is -0.540. The second-order valence-corrected chi connectivity index (χ2v) is 7.08. The standard InChI is InChI=1S/C16H29NO3/c1-11(2)14(18)13(12-9-7-6-8-10-12)17-15(19)20-16(3,4)5/h11-13H,6-10H2,1-5H3,(H,17,19)/t13-/m0/s1. The van der Waals surface area contributed by atoms with Crippen molar-refractivity contribution in [2.45, 2.75) is 78.4 Å². The van der Waals surface area contributed by atoms with Crippen LogP contribution >= 0.6 is 0 Å². The zero-order chi connectivity index (χ0) is 15.3. The number of Topliss-reactive ketones (excluding diaryl/α,β-unsaturated/α-hetero) is 1. The number of amides is 1. The van der Waals surface area contributed by atoms with Crippen molar-refractivity contribution in [3.63, 3.8) is 0 Å². The molecule has 1 aliphatic carbocycles. The van der Waals surface area contributed by atoms with Crippen molar-refractivity contribution in [3.8, 4) is 0 Å². The highest BCUT2D eigenvalue weighted by Crippen LogP contribution is 2.28. The third kappa shape index (κ3) is 5.51. The van der Waals surface area contributed by atoms with Crippen molar-refractivity contribution in [2.75, 3.05) is 0 Å². The molecule has 1 saturated carbocycles. The van der Waals surface area contributed by atoms with Gasteiger partial charge in [0.05, 0.1) is 6.04 Å². The van der Waals surface area contributed by atoms with Crippen LogP contribution in [0, 0.1) is 11.8 Å². The van der Waals surface area contributed by atoms with Crippen LogP contribution in [-0.4, -0.2) is 23.5 Å². The minimum atomic E-state index is -0.540. The SMILES string of the molecule is CC(C)C(=O)[C@@H](NC(=O)OC(C)(C)C)C1CCCCC1. The van der Waals surface area contributed by atoms with E-state index in [1.165, 1.54) is 6.42 Å². The van der Waals surface area contributed by atoms with Crippen LogP contribution in [0.1, 0.15) is 66.7 Å². The largest absolute Gasteiger partial charge is 0.444 e. The molecule has 0 heterocycles.